The Morgan fingerprint density at radius 3 is 2.79 bits per heavy atom. The number of halogens is 3. The molecule has 1 aliphatic heterocycles. The zero-order valence-corrected chi connectivity index (χ0v) is 11.2. The van der Waals surface area contributed by atoms with Crippen LogP contribution >= 0.6 is 0 Å². The molecule has 7 heteroatoms. The largest absolute Gasteiger partial charge is 0.401 e. The number of hydrogen-bond acceptors (Lipinski definition) is 3. The molecule has 2 unspecified atom stereocenters. The lowest BCUT2D eigenvalue weighted by Gasteiger charge is -2.18. The summed E-state index contributed by atoms with van der Waals surface area (Å²) in [4.78, 5) is 12.9. The Hall–Kier alpha value is -0.820. The van der Waals surface area contributed by atoms with Gasteiger partial charge in [0.1, 0.15) is 0 Å². The van der Waals surface area contributed by atoms with Crippen molar-refractivity contribution in [3.8, 4) is 0 Å². The maximum absolute atomic E-state index is 12.2. The smallest absolute Gasteiger partial charge is 0.356 e. The van der Waals surface area contributed by atoms with Crippen molar-refractivity contribution in [2.45, 2.75) is 25.9 Å². The Kier molecular flexibility index (Phi) is 6.06. The van der Waals surface area contributed by atoms with Gasteiger partial charge >= 0.3 is 6.18 Å². The summed E-state index contributed by atoms with van der Waals surface area (Å²) in [5, 5.41) is 2.77. The number of nitrogens with zero attached hydrogens (tertiary/aromatic N) is 1. The Balaban J connectivity index is 2.20. The van der Waals surface area contributed by atoms with E-state index in [4.69, 9.17) is 5.73 Å². The van der Waals surface area contributed by atoms with Crippen LogP contribution in [-0.2, 0) is 4.79 Å². The Labute approximate surface area is 111 Å². The molecule has 4 nitrogen and oxygen atoms in total. The molecule has 1 rings (SSSR count). The lowest BCUT2D eigenvalue weighted by molar-refractivity contribution is -0.143. The Bertz CT molecular complexity index is 296. The van der Waals surface area contributed by atoms with Crippen LogP contribution in [0, 0.1) is 11.8 Å². The van der Waals surface area contributed by atoms with Crippen molar-refractivity contribution in [1.29, 1.82) is 0 Å². The van der Waals surface area contributed by atoms with Gasteiger partial charge in [-0.15, -0.1) is 0 Å². The highest BCUT2D eigenvalue weighted by Crippen LogP contribution is 2.22. The van der Waals surface area contributed by atoms with Crippen LogP contribution in [0.15, 0.2) is 0 Å². The Morgan fingerprint density at radius 2 is 2.21 bits per heavy atom. The predicted molar refractivity (Wildman–Crippen MR) is 66.4 cm³/mol. The molecule has 1 heterocycles. The number of likely N-dealkylation sites (tertiary alicyclic amines) is 1. The molecule has 0 aromatic rings. The van der Waals surface area contributed by atoms with Gasteiger partial charge in [-0.25, -0.2) is 0 Å². The van der Waals surface area contributed by atoms with Crippen LogP contribution in [0.4, 0.5) is 13.2 Å². The maximum atomic E-state index is 12.2. The number of alkyl halides is 3. The summed E-state index contributed by atoms with van der Waals surface area (Å²) in [6.07, 6.45) is -3.08. The first-order chi connectivity index (χ1) is 8.80. The highest BCUT2D eigenvalue weighted by Gasteiger charge is 2.34. The summed E-state index contributed by atoms with van der Waals surface area (Å²) in [6, 6.07) is 0. The van der Waals surface area contributed by atoms with Crippen LogP contribution in [0.3, 0.4) is 0 Å². The van der Waals surface area contributed by atoms with Gasteiger partial charge in [0.05, 0.1) is 6.54 Å². The third-order valence-electron chi connectivity index (χ3n) is 3.30. The van der Waals surface area contributed by atoms with Crippen molar-refractivity contribution in [1.82, 2.24) is 10.2 Å². The number of hydrogen-bond donors (Lipinski definition) is 2. The third-order valence-corrected chi connectivity index (χ3v) is 3.30. The molecular weight excluding hydrogens is 259 g/mol. The average Bonchev–Trinajstić information content (AvgIpc) is 2.71. The van der Waals surface area contributed by atoms with Crippen LogP contribution in [0.1, 0.15) is 19.8 Å². The summed E-state index contributed by atoms with van der Waals surface area (Å²) in [5.41, 5.74) is 5.42. The standard InChI is InChI=1S/C12H22F3N3O/c1-9(5-16)4-11(19)17-6-10-2-3-18(7-10)8-12(13,14)15/h9-10H,2-8,16H2,1H3,(H,17,19). The van der Waals surface area contributed by atoms with E-state index in [1.807, 2.05) is 6.92 Å². The molecule has 1 amide bonds. The van der Waals surface area contributed by atoms with Crippen LogP contribution in [-0.4, -0.2) is 49.7 Å². The predicted octanol–water partition coefficient (Wildman–Crippen LogP) is 0.972. The molecule has 1 fully saturated rings. The van der Waals surface area contributed by atoms with Crippen LogP contribution in [0.5, 0.6) is 0 Å². The molecule has 112 valence electrons. The second kappa shape index (κ2) is 7.09. The molecule has 0 radical (unpaired) electrons. The lowest BCUT2D eigenvalue weighted by atomic mass is 10.1. The van der Waals surface area contributed by atoms with E-state index in [-0.39, 0.29) is 17.7 Å². The highest BCUT2D eigenvalue weighted by molar-refractivity contribution is 5.76. The second-order valence-corrected chi connectivity index (χ2v) is 5.35. The van der Waals surface area contributed by atoms with Gasteiger partial charge in [-0.3, -0.25) is 9.69 Å². The van der Waals surface area contributed by atoms with Gasteiger partial charge in [0, 0.05) is 19.5 Å². The van der Waals surface area contributed by atoms with Crippen molar-refractivity contribution in [2.24, 2.45) is 17.6 Å². The monoisotopic (exact) mass is 281 g/mol. The molecule has 0 aromatic heterocycles. The minimum absolute atomic E-state index is 0.0766. The molecule has 1 aliphatic rings. The molecule has 0 saturated carbocycles. The molecule has 0 bridgehead atoms. The normalized spacial score (nSPS) is 22.5. The zero-order chi connectivity index (χ0) is 14.5. The molecule has 0 aliphatic carbocycles. The van der Waals surface area contributed by atoms with Crippen molar-refractivity contribution >= 4 is 5.91 Å². The molecule has 0 spiro atoms. The van der Waals surface area contributed by atoms with Crippen LogP contribution in [0.2, 0.25) is 0 Å². The summed E-state index contributed by atoms with van der Waals surface area (Å²) >= 11 is 0. The van der Waals surface area contributed by atoms with E-state index in [1.54, 1.807) is 0 Å². The third kappa shape index (κ3) is 6.77. The molecular formula is C12H22F3N3O. The minimum Gasteiger partial charge on any atom is -0.356 e. The fraction of sp³-hybridized carbons (Fsp3) is 0.917. The number of rotatable bonds is 6. The molecule has 2 atom stereocenters. The van der Waals surface area contributed by atoms with Gasteiger partial charge in [0.15, 0.2) is 0 Å². The van der Waals surface area contributed by atoms with Crippen molar-refractivity contribution in [3.63, 3.8) is 0 Å². The molecule has 1 saturated heterocycles. The fourth-order valence-electron chi connectivity index (χ4n) is 2.21. The topological polar surface area (TPSA) is 58.4 Å². The molecule has 3 N–H and O–H groups in total. The van der Waals surface area contributed by atoms with Gasteiger partial charge in [-0.2, -0.15) is 13.2 Å². The first-order valence-corrected chi connectivity index (χ1v) is 6.56. The lowest BCUT2D eigenvalue weighted by Crippen LogP contribution is -2.35. The molecule has 0 aromatic carbocycles. The number of carbonyl (C=O) groups is 1. The quantitative estimate of drug-likeness (QED) is 0.763. The van der Waals surface area contributed by atoms with Gasteiger partial charge in [0.2, 0.25) is 5.91 Å². The number of amides is 1. The SMILES string of the molecule is CC(CN)CC(=O)NCC1CCN(CC(F)(F)F)C1. The molecule has 19 heavy (non-hydrogen) atoms. The second-order valence-electron chi connectivity index (χ2n) is 5.35. The van der Waals surface area contributed by atoms with E-state index >= 15 is 0 Å². The summed E-state index contributed by atoms with van der Waals surface area (Å²) in [5.74, 6) is 0.164. The number of carbonyl (C=O) groups excluding carboxylic acids is 1. The van der Waals surface area contributed by atoms with E-state index in [2.05, 4.69) is 5.32 Å². The summed E-state index contributed by atoms with van der Waals surface area (Å²) in [6.45, 7) is 2.77. The summed E-state index contributed by atoms with van der Waals surface area (Å²) < 4.78 is 36.6. The summed E-state index contributed by atoms with van der Waals surface area (Å²) in [7, 11) is 0. The van der Waals surface area contributed by atoms with Gasteiger partial charge in [-0.05, 0) is 31.3 Å². The number of nitrogens with two attached hydrogens (primary N) is 1. The highest BCUT2D eigenvalue weighted by atomic mass is 19.4. The number of nitrogens with one attached hydrogen (secondary N) is 1. The van der Waals surface area contributed by atoms with Crippen LogP contribution in [0.25, 0.3) is 0 Å². The average molecular weight is 281 g/mol. The Morgan fingerprint density at radius 1 is 1.53 bits per heavy atom. The van der Waals surface area contributed by atoms with E-state index < -0.39 is 12.7 Å². The fourth-order valence-corrected chi connectivity index (χ4v) is 2.21. The van der Waals surface area contributed by atoms with Crippen LogP contribution < -0.4 is 11.1 Å². The first-order valence-electron chi connectivity index (χ1n) is 6.56. The van der Waals surface area contributed by atoms with Gasteiger partial charge in [-0.1, -0.05) is 6.92 Å². The van der Waals surface area contributed by atoms with E-state index in [9.17, 15) is 18.0 Å². The van der Waals surface area contributed by atoms with Gasteiger partial charge in [0.25, 0.3) is 0 Å². The van der Waals surface area contributed by atoms with E-state index in [1.165, 1.54) is 4.90 Å². The van der Waals surface area contributed by atoms with E-state index in [0.717, 1.165) is 0 Å². The zero-order valence-electron chi connectivity index (χ0n) is 11.2. The van der Waals surface area contributed by atoms with Crippen molar-refractivity contribution in [2.75, 3.05) is 32.7 Å². The maximum Gasteiger partial charge on any atom is 0.401 e. The van der Waals surface area contributed by atoms with Crippen molar-refractivity contribution in [3.05, 3.63) is 0 Å². The van der Waals surface area contributed by atoms with Crippen molar-refractivity contribution < 1.29 is 18.0 Å². The first kappa shape index (κ1) is 16.2. The van der Waals surface area contributed by atoms with Gasteiger partial charge < -0.3 is 11.1 Å². The van der Waals surface area contributed by atoms with E-state index in [0.29, 0.717) is 39.0 Å². The minimum atomic E-state index is -4.14.